The Morgan fingerprint density at radius 1 is 1.33 bits per heavy atom. The number of rotatable bonds is 6. The molecule has 1 aromatic rings. The van der Waals surface area contributed by atoms with Crippen molar-refractivity contribution in [2.75, 3.05) is 14.2 Å². The second-order valence-corrected chi connectivity index (χ2v) is 5.53. The van der Waals surface area contributed by atoms with Crippen LogP contribution >= 0.6 is 0 Å². The van der Waals surface area contributed by atoms with Gasteiger partial charge in [-0.05, 0) is 75.3 Å². The third kappa shape index (κ3) is 3.05. The van der Waals surface area contributed by atoms with Crippen molar-refractivity contribution in [2.24, 2.45) is 5.92 Å². The standard InChI is InChI=1S/C16H25NO/c1-11-9-12(2)14(16(10-11)18-4)7-8-15(17-3)13-5-6-13/h9-10,13,15,17H,5-8H2,1-4H3. The van der Waals surface area contributed by atoms with Crippen LogP contribution < -0.4 is 10.1 Å². The average Bonchev–Trinajstić information content (AvgIpc) is 3.16. The number of ether oxygens (including phenoxy) is 1. The minimum absolute atomic E-state index is 0.676. The minimum atomic E-state index is 0.676. The molecule has 0 amide bonds. The van der Waals surface area contributed by atoms with Crippen LogP contribution in [-0.2, 0) is 6.42 Å². The smallest absolute Gasteiger partial charge is 0.122 e. The molecule has 1 aliphatic carbocycles. The summed E-state index contributed by atoms with van der Waals surface area (Å²) < 4.78 is 5.53. The molecule has 100 valence electrons. The Morgan fingerprint density at radius 3 is 2.61 bits per heavy atom. The molecule has 0 bridgehead atoms. The monoisotopic (exact) mass is 247 g/mol. The van der Waals surface area contributed by atoms with Gasteiger partial charge in [0, 0.05) is 6.04 Å². The highest BCUT2D eigenvalue weighted by molar-refractivity contribution is 5.43. The zero-order valence-corrected chi connectivity index (χ0v) is 12.0. The van der Waals surface area contributed by atoms with Gasteiger partial charge < -0.3 is 10.1 Å². The largest absolute Gasteiger partial charge is 0.496 e. The van der Waals surface area contributed by atoms with Crippen molar-refractivity contribution in [3.05, 3.63) is 28.8 Å². The van der Waals surface area contributed by atoms with Crippen molar-refractivity contribution in [3.8, 4) is 5.75 Å². The molecule has 1 aliphatic rings. The first-order valence-corrected chi connectivity index (χ1v) is 6.97. The lowest BCUT2D eigenvalue weighted by molar-refractivity contribution is 0.404. The summed E-state index contributed by atoms with van der Waals surface area (Å²) >= 11 is 0. The van der Waals surface area contributed by atoms with Crippen molar-refractivity contribution in [2.45, 2.75) is 45.6 Å². The lowest BCUT2D eigenvalue weighted by atomic mass is 9.96. The van der Waals surface area contributed by atoms with E-state index in [0.717, 1.165) is 18.1 Å². The van der Waals surface area contributed by atoms with Gasteiger partial charge in [-0.25, -0.2) is 0 Å². The predicted octanol–water partition coefficient (Wildman–Crippen LogP) is 3.24. The molecule has 18 heavy (non-hydrogen) atoms. The van der Waals surface area contributed by atoms with Crippen molar-refractivity contribution in [1.82, 2.24) is 5.32 Å². The van der Waals surface area contributed by atoms with Gasteiger partial charge in [0.05, 0.1) is 7.11 Å². The summed E-state index contributed by atoms with van der Waals surface area (Å²) in [4.78, 5) is 0. The molecule has 0 aliphatic heterocycles. The number of nitrogens with one attached hydrogen (secondary N) is 1. The Balaban J connectivity index is 2.07. The molecule has 1 atom stereocenters. The first-order valence-electron chi connectivity index (χ1n) is 6.97. The zero-order valence-electron chi connectivity index (χ0n) is 12.0. The highest BCUT2D eigenvalue weighted by atomic mass is 16.5. The van der Waals surface area contributed by atoms with Gasteiger partial charge in [-0.2, -0.15) is 0 Å². The number of methoxy groups -OCH3 is 1. The van der Waals surface area contributed by atoms with Crippen molar-refractivity contribution < 1.29 is 4.74 Å². The SMILES string of the molecule is CNC(CCc1c(C)cc(C)cc1OC)C1CC1. The van der Waals surface area contributed by atoms with Crippen LogP contribution in [0.2, 0.25) is 0 Å². The van der Waals surface area contributed by atoms with Crippen LogP contribution in [0, 0.1) is 19.8 Å². The molecule has 1 aromatic carbocycles. The molecule has 0 saturated heterocycles. The van der Waals surface area contributed by atoms with Crippen LogP contribution in [0.25, 0.3) is 0 Å². The average molecular weight is 247 g/mol. The molecule has 1 N–H and O–H groups in total. The second kappa shape index (κ2) is 5.75. The zero-order chi connectivity index (χ0) is 13.1. The third-order valence-electron chi connectivity index (χ3n) is 4.06. The number of benzene rings is 1. The van der Waals surface area contributed by atoms with Gasteiger partial charge in [0.1, 0.15) is 5.75 Å². The fourth-order valence-electron chi connectivity index (χ4n) is 2.88. The quantitative estimate of drug-likeness (QED) is 0.833. The Hall–Kier alpha value is -1.02. The van der Waals surface area contributed by atoms with Gasteiger partial charge in [0.25, 0.3) is 0 Å². The molecule has 2 heteroatoms. The third-order valence-corrected chi connectivity index (χ3v) is 4.06. The van der Waals surface area contributed by atoms with E-state index in [-0.39, 0.29) is 0 Å². The maximum absolute atomic E-state index is 5.53. The summed E-state index contributed by atoms with van der Waals surface area (Å²) in [6, 6.07) is 5.08. The van der Waals surface area contributed by atoms with Crippen molar-refractivity contribution in [1.29, 1.82) is 0 Å². The molecule has 2 rings (SSSR count). The normalized spacial score (nSPS) is 16.7. The molecular formula is C16H25NO. The Labute approximate surface area is 111 Å². The predicted molar refractivity (Wildman–Crippen MR) is 76.4 cm³/mol. The molecule has 2 nitrogen and oxygen atoms in total. The Kier molecular flexibility index (Phi) is 4.28. The lowest BCUT2D eigenvalue weighted by Gasteiger charge is -2.18. The second-order valence-electron chi connectivity index (χ2n) is 5.53. The maximum atomic E-state index is 5.53. The molecule has 1 unspecified atom stereocenters. The van der Waals surface area contributed by atoms with Gasteiger partial charge in [0.15, 0.2) is 0 Å². The van der Waals surface area contributed by atoms with Crippen LogP contribution in [0.5, 0.6) is 5.75 Å². The van der Waals surface area contributed by atoms with Gasteiger partial charge >= 0.3 is 0 Å². The summed E-state index contributed by atoms with van der Waals surface area (Å²) in [5.41, 5.74) is 4.02. The van der Waals surface area contributed by atoms with Crippen molar-refractivity contribution >= 4 is 0 Å². The van der Waals surface area contributed by atoms with E-state index in [1.165, 1.54) is 36.0 Å². The van der Waals surface area contributed by atoms with E-state index in [2.05, 4.69) is 38.3 Å². The number of hydrogen-bond donors (Lipinski definition) is 1. The summed E-state index contributed by atoms with van der Waals surface area (Å²) in [5.74, 6) is 1.96. The first kappa shape index (κ1) is 13.4. The maximum Gasteiger partial charge on any atom is 0.122 e. The van der Waals surface area contributed by atoms with Crippen molar-refractivity contribution in [3.63, 3.8) is 0 Å². The van der Waals surface area contributed by atoms with Crippen LogP contribution in [-0.4, -0.2) is 20.2 Å². The fraction of sp³-hybridized carbons (Fsp3) is 0.625. The lowest BCUT2D eigenvalue weighted by Crippen LogP contribution is -2.27. The Bertz CT molecular complexity index is 410. The van der Waals surface area contributed by atoms with Crippen LogP contribution in [0.15, 0.2) is 12.1 Å². The summed E-state index contributed by atoms with van der Waals surface area (Å²) in [6.45, 7) is 4.32. The van der Waals surface area contributed by atoms with E-state index in [1.54, 1.807) is 7.11 Å². The summed E-state index contributed by atoms with van der Waals surface area (Å²) in [6.07, 6.45) is 5.11. The van der Waals surface area contributed by atoms with Crippen LogP contribution in [0.1, 0.15) is 36.0 Å². The molecule has 1 saturated carbocycles. The summed E-state index contributed by atoms with van der Waals surface area (Å²) in [5, 5.41) is 3.46. The molecular weight excluding hydrogens is 222 g/mol. The highest BCUT2D eigenvalue weighted by Gasteiger charge is 2.29. The molecule has 0 radical (unpaired) electrons. The summed E-state index contributed by atoms with van der Waals surface area (Å²) in [7, 11) is 3.86. The van der Waals surface area contributed by atoms with Gasteiger partial charge in [-0.1, -0.05) is 6.07 Å². The van der Waals surface area contributed by atoms with E-state index >= 15 is 0 Å². The van der Waals surface area contributed by atoms with Gasteiger partial charge in [0.2, 0.25) is 0 Å². The Morgan fingerprint density at radius 2 is 2.06 bits per heavy atom. The number of hydrogen-bond acceptors (Lipinski definition) is 2. The topological polar surface area (TPSA) is 21.3 Å². The molecule has 0 heterocycles. The molecule has 1 fully saturated rings. The van der Waals surface area contributed by atoms with E-state index < -0.39 is 0 Å². The van der Waals surface area contributed by atoms with E-state index in [9.17, 15) is 0 Å². The van der Waals surface area contributed by atoms with E-state index in [4.69, 9.17) is 4.74 Å². The molecule has 0 spiro atoms. The van der Waals surface area contributed by atoms with Gasteiger partial charge in [-0.15, -0.1) is 0 Å². The minimum Gasteiger partial charge on any atom is -0.496 e. The van der Waals surface area contributed by atoms with Gasteiger partial charge in [-0.3, -0.25) is 0 Å². The van der Waals surface area contributed by atoms with E-state index in [0.29, 0.717) is 6.04 Å². The fourth-order valence-corrected chi connectivity index (χ4v) is 2.88. The van der Waals surface area contributed by atoms with E-state index in [1.807, 2.05) is 0 Å². The number of aryl methyl sites for hydroxylation is 2. The van der Waals surface area contributed by atoms with Crippen LogP contribution in [0.4, 0.5) is 0 Å². The highest BCUT2D eigenvalue weighted by Crippen LogP contribution is 2.35. The van der Waals surface area contributed by atoms with Crippen LogP contribution in [0.3, 0.4) is 0 Å². The molecule has 0 aromatic heterocycles. The first-order chi connectivity index (χ1) is 8.65.